The van der Waals surface area contributed by atoms with Gasteiger partial charge < -0.3 is 5.11 Å². The van der Waals surface area contributed by atoms with E-state index in [2.05, 4.69) is 0 Å². The summed E-state index contributed by atoms with van der Waals surface area (Å²) in [6.45, 7) is 1.56. The second-order valence-electron chi connectivity index (χ2n) is 4.58. The van der Waals surface area contributed by atoms with Crippen LogP contribution in [0.1, 0.15) is 29.3 Å². The fraction of sp³-hybridized carbons (Fsp3) is 0.176. The van der Waals surface area contributed by atoms with Crippen molar-refractivity contribution in [3.8, 4) is 0 Å². The zero-order valence-corrected chi connectivity index (χ0v) is 12.5. The van der Waals surface area contributed by atoms with Gasteiger partial charge in [-0.3, -0.25) is 4.79 Å². The Morgan fingerprint density at radius 2 is 1.86 bits per heavy atom. The molecule has 0 heterocycles. The Bertz CT molecular complexity index is 704. The monoisotopic (exact) mass is 300 g/mol. The Kier molecular flexibility index (Phi) is 5.17. The third-order valence-corrected chi connectivity index (χ3v) is 3.92. The number of rotatable bonds is 5. The average Bonchev–Trinajstić information content (AvgIpc) is 2.46. The number of allylic oxidation sites excluding steroid dienone is 1. The quantitative estimate of drug-likeness (QED) is 0.840. The molecular formula is C17H16O3S. The highest BCUT2D eigenvalue weighted by molar-refractivity contribution is 8.13. The minimum absolute atomic E-state index is 0.125. The fourth-order valence-electron chi connectivity index (χ4n) is 2.15. The molecule has 3 nitrogen and oxygen atoms in total. The van der Waals surface area contributed by atoms with E-state index in [1.54, 1.807) is 19.1 Å². The van der Waals surface area contributed by atoms with E-state index < -0.39 is 5.97 Å². The van der Waals surface area contributed by atoms with Crippen LogP contribution in [0, 0.1) is 0 Å². The van der Waals surface area contributed by atoms with Crippen molar-refractivity contribution in [3.63, 3.8) is 0 Å². The smallest absolute Gasteiger partial charge is 0.336 e. The maximum atomic E-state index is 11.2. The Morgan fingerprint density at radius 3 is 2.57 bits per heavy atom. The summed E-state index contributed by atoms with van der Waals surface area (Å²) in [5.74, 6) is -0.156. The highest BCUT2D eigenvalue weighted by Crippen LogP contribution is 2.23. The van der Waals surface area contributed by atoms with Gasteiger partial charge in [-0.15, -0.1) is 0 Å². The standard InChI is InChI=1S/C17H16O3S/c1-12(18)21-11-3-2-6-13-7-4-9-15-14(13)8-5-10-16(15)17(19)20/h2,4-10H,3,11H2,1H3,(H,19,20). The number of carboxylic acids is 1. The van der Waals surface area contributed by atoms with E-state index in [0.717, 1.165) is 28.5 Å². The molecule has 108 valence electrons. The molecule has 2 aromatic carbocycles. The van der Waals surface area contributed by atoms with Gasteiger partial charge in [-0.1, -0.05) is 54.2 Å². The zero-order valence-electron chi connectivity index (χ0n) is 11.7. The molecule has 0 aromatic heterocycles. The van der Waals surface area contributed by atoms with Crippen LogP contribution in [-0.4, -0.2) is 21.9 Å². The van der Waals surface area contributed by atoms with Crippen LogP contribution in [-0.2, 0) is 4.79 Å². The highest BCUT2D eigenvalue weighted by Gasteiger charge is 2.08. The third-order valence-electron chi connectivity index (χ3n) is 3.07. The Balaban J connectivity index is 2.25. The van der Waals surface area contributed by atoms with Gasteiger partial charge in [0.1, 0.15) is 0 Å². The highest BCUT2D eigenvalue weighted by atomic mass is 32.2. The molecule has 0 fully saturated rings. The number of aromatic carboxylic acids is 1. The van der Waals surface area contributed by atoms with Crippen LogP contribution < -0.4 is 0 Å². The van der Waals surface area contributed by atoms with Gasteiger partial charge in [0.15, 0.2) is 5.12 Å². The lowest BCUT2D eigenvalue weighted by Crippen LogP contribution is -1.97. The number of thioether (sulfide) groups is 1. The number of carbonyl (C=O) groups excluding carboxylic acids is 1. The molecule has 21 heavy (non-hydrogen) atoms. The van der Waals surface area contributed by atoms with Gasteiger partial charge in [-0.05, 0) is 28.8 Å². The van der Waals surface area contributed by atoms with E-state index in [-0.39, 0.29) is 5.12 Å². The summed E-state index contributed by atoms with van der Waals surface area (Å²) in [7, 11) is 0. The largest absolute Gasteiger partial charge is 0.478 e. The topological polar surface area (TPSA) is 54.4 Å². The lowest BCUT2D eigenvalue weighted by molar-refractivity contribution is -0.109. The first-order valence-corrected chi connectivity index (χ1v) is 7.63. The van der Waals surface area contributed by atoms with Crippen LogP contribution >= 0.6 is 11.8 Å². The lowest BCUT2D eigenvalue weighted by Gasteiger charge is -2.05. The third kappa shape index (κ3) is 3.95. The molecule has 0 atom stereocenters. The maximum absolute atomic E-state index is 11.2. The van der Waals surface area contributed by atoms with Crippen molar-refractivity contribution in [3.05, 3.63) is 53.6 Å². The molecule has 0 saturated heterocycles. The summed E-state index contributed by atoms with van der Waals surface area (Å²) >= 11 is 1.31. The van der Waals surface area contributed by atoms with Crippen LogP contribution in [0.5, 0.6) is 0 Å². The van der Waals surface area contributed by atoms with Gasteiger partial charge in [0.05, 0.1) is 5.56 Å². The number of carboxylic acid groups (broad SMARTS) is 1. The number of hydrogen-bond donors (Lipinski definition) is 1. The predicted octanol–water partition coefficient (Wildman–Crippen LogP) is 4.22. The number of benzene rings is 2. The van der Waals surface area contributed by atoms with Crippen LogP contribution in [0.3, 0.4) is 0 Å². The van der Waals surface area contributed by atoms with Gasteiger partial charge in [0, 0.05) is 12.7 Å². The van der Waals surface area contributed by atoms with Gasteiger partial charge in [-0.2, -0.15) is 0 Å². The van der Waals surface area contributed by atoms with Crippen molar-refractivity contribution >= 4 is 39.7 Å². The molecule has 0 amide bonds. The van der Waals surface area contributed by atoms with Crippen molar-refractivity contribution in [1.29, 1.82) is 0 Å². The number of hydrogen-bond acceptors (Lipinski definition) is 3. The summed E-state index contributed by atoms with van der Waals surface area (Å²) in [4.78, 5) is 22.1. The number of carbonyl (C=O) groups is 2. The Hall–Kier alpha value is -2.07. The SMILES string of the molecule is CC(=O)SCCC=Cc1cccc2c(C(=O)O)cccc12. The van der Waals surface area contributed by atoms with E-state index in [4.69, 9.17) is 0 Å². The van der Waals surface area contributed by atoms with Crippen molar-refractivity contribution in [2.75, 3.05) is 5.75 Å². The van der Waals surface area contributed by atoms with Crippen molar-refractivity contribution in [2.24, 2.45) is 0 Å². The molecular weight excluding hydrogens is 284 g/mol. The van der Waals surface area contributed by atoms with E-state index in [9.17, 15) is 14.7 Å². The normalized spacial score (nSPS) is 11.1. The minimum atomic E-state index is -0.917. The summed E-state index contributed by atoms with van der Waals surface area (Å²) in [6, 6.07) is 10.9. The molecule has 0 bridgehead atoms. The van der Waals surface area contributed by atoms with E-state index in [1.807, 2.05) is 36.4 Å². The van der Waals surface area contributed by atoms with Crippen molar-refractivity contribution in [2.45, 2.75) is 13.3 Å². The first kappa shape index (κ1) is 15.3. The summed E-state index contributed by atoms with van der Waals surface area (Å²) in [5.41, 5.74) is 1.30. The second kappa shape index (κ2) is 7.09. The minimum Gasteiger partial charge on any atom is -0.478 e. The van der Waals surface area contributed by atoms with Crippen LogP contribution in [0.25, 0.3) is 16.8 Å². The lowest BCUT2D eigenvalue weighted by atomic mass is 10.00. The van der Waals surface area contributed by atoms with Gasteiger partial charge in [0.25, 0.3) is 0 Å². The first-order valence-electron chi connectivity index (χ1n) is 6.64. The maximum Gasteiger partial charge on any atom is 0.336 e. The van der Waals surface area contributed by atoms with E-state index in [0.29, 0.717) is 5.56 Å². The molecule has 2 rings (SSSR count). The summed E-state index contributed by atoms with van der Waals surface area (Å²) in [6.07, 6.45) is 4.80. The second-order valence-corrected chi connectivity index (χ2v) is 5.86. The molecule has 0 spiro atoms. The van der Waals surface area contributed by atoms with Gasteiger partial charge in [0.2, 0.25) is 0 Å². The van der Waals surface area contributed by atoms with Crippen LogP contribution in [0.4, 0.5) is 0 Å². The molecule has 0 radical (unpaired) electrons. The molecule has 0 saturated carbocycles. The van der Waals surface area contributed by atoms with Crippen LogP contribution in [0.2, 0.25) is 0 Å². The van der Waals surface area contributed by atoms with Gasteiger partial charge in [-0.25, -0.2) is 4.79 Å². The molecule has 4 heteroatoms. The molecule has 1 N–H and O–H groups in total. The fourth-order valence-corrected chi connectivity index (χ4v) is 2.69. The molecule has 2 aromatic rings. The first-order chi connectivity index (χ1) is 10.1. The zero-order chi connectivity index (χ0) is 15.2. The molecule has 0 unspecified atom stereocenters. The van der Waals surface area contributed by atoms with Crippen LogP contribution in [0.15, 0.2) is 42.5 Å². The predicted molar refractivity (Wildman–Crippen MR) is 87.7 cm³/mol. The Morgan fingerprint density at radius 1 is 1.14 bits per heavy atom. The molecule has 0 aliphatic rings. The van der Waals surface area contributed by atoms with Gasteiger partial charge >= 0.3 is 5.97 Å². The van der Waals surface area contributed by atoms with Crippen molar-refractivity contribution in [1.82, 2.24) is 0 Å². The van der Waals surface area contributed by atoms with Crippen molar-refractivity contribution < 1.29 is 14.7 Å². The summed E-state index contributed by atoms with van der Waals surface area (Å²) in [5, 5.41) is 11.0. The number of fused-ring (bicyclic) bond motifs is 1. The Labute approximate surface area is 127 Å². The molecule has 0 aliphatic heterocycles. The summed E-state index contributed by atoms with van der Waals surface area (Å²) < 4.78 is 0. The van der Waals surface area contributed by atoms with E-state index >= 15 is 0 Å². The molecule has 0 aliphatic carbocycles. The van der Waals surface area contributed by atoms with E-state index in [1.165, 1.54) is 11.8 Å². The average molecular weight is 300 g/mol.